The van der Waals surface area contributed by atoms with Crippen molar-refractivity contribution >= 4 is 23.5 Å². The van der Waals surface area contributed by atoms with Gasteiger partial charge in [0.2, 0.25) is 5.95 Å². The molecule has 1 fully saturated rings. The Kier molecular flexibility index (Phi) is 6.40. The minimum absolute atomic E-state index is 0.205. The van der Waals surface area contributed by atoms with Crippen molar-refractivity contribution < 1.29 is 9.53 Å². The van der Waals surface area contributed by atoms with E-state index in [0.29, 0.717) is 31.5 Å². The number of hydrogen-bond donors (Lipinski definition) is 2. The minimum atomic E-state index is -0.242. The molecule has 0 spiro atoms. The van der Waals surface area contributed by atoms with Gasteiger partial charge in [0.25, 0.3) is 0 Å². The third-order valence-corrected chi connectivity index (χ3v) is 4.55. The van der Waals surface area contributed by atoms with Gasteiger partial charge in [-0.2, -0.15) is 10.1 Å². The summed E-state index contributed by atoms with van der Waals surface area (Å²) < 4.78 is 5.05. The van der Waals surface area contributed by atoms with E-state index in [0.717, 1.165) is 24.9 Å². The van der Waals surface area contributed by atoms with Crippen molar-refractivity contribution in [2.75, 3.05) is 30.3 Å². The van der Waals surface area contributed by atoms with Crippen molar-refractivity contribution in [3.63, 3.8) is 0 Å². The van der Waals surface area contributed by atoms with Crippen LogP contribution in [0.1, 0.15) is 32.3 Å². The fourth-order valence-corrected chi connectivity index (χ4v) is 3.00. The van der Waals surface area contributed by atoms with Crippen molar-refractivity contribution in [3.05, 3.63) is 36.0 Å². The molecule has 0 atom stereocenters. The molecule has 144 valence electrons. The van der Waals surface area contributed by atoms with Crippen molar-refractivity contribution in [1.29, 1.82) is 0 Å². The molecule has 0 aliphatic carbocycles. The molecule has 1 aromatic carbocycles. The lowest BCUT2D eigenvalue weighted by atomic mass is 10.1. The van der Waals surface area contributed by atoms with Gasteiger partial charge in [-0.05, 0) is 43.9 Å². The van der Waals surface area contributed by atoms with Crippen LogP contribution in [0, 0.1) is 0 Å². The van der Waals surface area contributed by atoms with E-state index in [9.17, 15) is 4.79 Å². The van der Waals surface area contributed by atoms with Crippen molar-refractivity contribution in [2.45, 2.75) is 39.2 Å². The van der Waals surface area contributed by atoms with Crippen LogP contribution in [0.2, 0.25) is 0 Å². The van der Waals surface area contributed by atoms with Gasteiger partial charge in [0.05, 0.1) is 12.8 Å². The highest BCUT2D eigenvalue weighted by Crippen LogP contribution is 2.18. The Bertz CT molecular complexity index is 744. The maximum atomic E-state index is 11.8. The lowest BCUT2D eigenvalue weighted by Crippen LogP contribution is -2.42. The average Bonchev–Trinajstić information content (AvgIpc) is 2.70. The molecule has 8 heteroatoms. The number of hydrogen-bond acceptors (Lipinski definition) is 7. The van der Waals surface area contributed by atoms with E-state index >= 15 is 0 Å². The number of nitrogens with zero attached hydrogens (tertiary/aromatic N) is 4. The number of nitrogens with one attached hydrogen (secondary N) is 2. The van der Waals surface area contributed by atoms with Crippen molar-refractivity contribution in [3.8, 4) is 0 Å². The zero-order valence-corrected chi connectivity index (χ0v) is 15.8. The molecule has 2 N–H and O–H groups in total. The van der Waals surface area contributed by atoms with Gasteiger partial charge >= 0.3 is 6.09 Å². The van der Waals surface area contributed by atoms with E-state index in [1.54, 1.807) is 11.1 Å². The number of rotatable bonds is 6. The third kappa shape index (κ3) is 5.29. The maximum Gasteiger partial charge on any atom is 0.409 e. The smallest absolute Gasteiger partial charge is 0.409 e. The summed E-state index contributed by atoms with van der Waals surface area (Å²) in [5.41, 5.74) is 2.25. The van der Waals surface area contributed by atoms with E-state index in [1.165, 1.54) is 5.56 Å². The number of benzene rings is 1. The fraction of sp³-hybridized carbons (Fsp3) is 0.474. The lowest BCUT2D eigenvalue weighted by molar-refractivity contribution is 0.0983. The lowest BCUT2D eigenvalue weighted by Gasteiger charge is -2.31. The summed E-state index contributed by atoms with van der Waals surface area (Å²) >= 11 is 0. The Balaban J connectivity index is 1.54. The molecular formula is C19H26N6O2. The molecule has 0 radical (unpaired) electrons. The summed E-state index contributed by atoms with van der Waals surface area (Å²) in [5, 5.41) is 14.7. The summed E-state index contributed by atoms with van der Waals surface area (Å²) in [4.78, 5) is 18.0. The number of anilines is 3. The Labute approximate surface area is 159 Å². The van der Waals surface area contributed by atoms with Crippen LogP contribution >= 0.6 is 0 Å². The molecule has 1 aliphatic heterocycles. The largest absolute Gasteiger partial charge is 0.450 e. The van der Waals surface area contributed by atoms with Crippen LogP contribution in [0.5, 0.6) is 0 Å². The number of aryl methyl sites for hydroxylation is 1. The van der Waals surface area contributed by atoms with Gasteiger partial charge in [0.15, 0.2) is 5.82 Å². The molecule has 1 aromatic heterocycles. The van der Waals surface area contributed by atoms with Crippen molar-refractivity contribution in [1.82, 2.24) is 20.1 Å². The summed E-state index contributed by atoms with van der Waals surface area (Å²) in [6, 6.07) is 8.44. The number of carbonyl (C=O) groups excluding carboxylic acids is 1. The van der Waals surface area contributed by atoms with Gasteiger partial charge in [0.1, 0.15) is 0 Å². The summed E-state index contributed by atoms with van der Waals surface area (Å²) in [6.07, 6.45) is 4.01. The second-order valence-electron chi connectivity index (χ2n) is 6.45. The molecule has 3 rings (SSSR count). The molecule has 27 heavy (non-hydrogen) atoms. The first-order valence-corrected chi connectivity index (χ1v) is 9.41. The molecule has 1 aliphatic rings. The highest BCUT2D eigenvalue weighted by atomic mass is 16.6. The molecule has 2 heterocycles. The zero-order chi connectivity index (χ0) is 19.1. The molecule has 1 saturated heterocycles. The van der Waals surface area contributed by atoms with E-state index in [2.05, 4.69) is 44.9 Å². The van der Waals surface area contributed by atoms with Crippen LogP contribution in [-0.4, -0.2) is 51.9 Å². The SMILES string of the molecule is CCOC(=O)N1CCC(Nc2nncc(Nc3ccc(CC)cc3)n2)CC1. The summed E-state index contributed by atoms with van der Waals surface area (Å²) in [5.74, 6) is 1.13. The maximum absolute atomic E-state index is 11.8. The number of likely N-dealkylation sites (tertiary alicyclic amines) is 1. The van der Waals surface area contributed by atoms with E-state index in [1.807, 2.05) is 19.1 Å². The number of aromatic nitrogens is 3. The average molecular weight is 370 g/mol. The van der Waals surface area contributed by atoms with Gasteiger partial charge < -0.3 is 20.3 Å². The zero-order valence-electron chi connectivity index (χ0n) is 15.8. The monoisotopic (exact) mass is 370 g/mol. The fourth-order valence-electron chi connectivity index (χ4n) is 3.00. The van der Waals surface area contributed by atoms with Crippen LogP contribution in [0.25, 0.3) is 0 Å². The molecular weight excluding hydrogens is 344 g/mol. The molecule has 0 bridgehead atoms. The second-order valence-corrected chi connectivity index (χ2v) is 6.45. The quantitative estimate of drug-likeness (QED) is 0.806. The third-order valence-electron chi connectivity index (χ3n) is 4.55. The Morgan fingerprint density at radius 3 is 2.63 bits per heavy atom. The normalized spacial score (nSPS) is 14.7. The second kappa shape index (κ2) is 9.16. The first kappa shape index (κ1) is 18.9. The Hall–Kier alpha value is -2.90. The topological polar surface area (TPSA) is 92.3 Å². The predicted molar refractivity (Wildman–Crippen MR) is 104 cm³/mol. The van der Waals surface area contributed by atoms with Gasteiger partial charge in [-0.3, -0.25) is 0 Å². The summed E-state index contributed by atoms with van der Waals surface area (Å²) in [7, 11) is 0. The van der Waals surface area contributed by atoms with Crippen LogP contribution in [-0.2, 0) is 11.2 Å². The van der Waals surface area contributed by atoms with E-state index < -0.39 is 0 Å². The van der Waals surface area contributed by atoms with Gasteiger partial charge in [0, 0.05) is 24.8 Å². The number of ether oxygens (including phenoxy) is 1. The highest BCUT2D eigenvalue weighted by molar-refractivity contribution is 5.67. The highest BCUT2D eigenvalue weighted by Gasteiger charge is 2.24. The Morgan fingerprint density at radius 2 is 1.96 bits per heavy atom. The number of amides is 1. The Morgan fingerprint density at radius 1 is 1.22 bits per heavy atom. The standard InChI is InChI=1S/C19H26N6O2/c1-3-14-5-7-15(8-6-14)21-17-13-20-24-18(23-17)22-16-9-11-25(12-10-16)19(26)27-4-2/h5-8,13,16H,3-4,9-12H2,1-2H3,(H2,21,22,23,24). The van der Waals surface area contributed by atoms with E-state index in [4.69, 9.17) is 4.74 Å². The van der Waals surface area contributed by atoms with Crippen molar-refractivity contribution in [2.24, 2.45) is 0 Å². The van der Waals surface area contributed by atoms with E-state index in [-0.39, 0.29) is 12.1 Å². The predicted octanol–water partition coefficient (Wildman–Crippen LogP) is 3.21. The van der Waals surface area contributed by atoms with Crippen LogP contribution in [0.3, 0.4) is 0 Å². The molecule has 8 nitrogen and oxygen atoms in total. The van der Waals surface area contributed by atoms with Gasteiger partial charge in [-0.15, -0.1) is 5.10 Å². The minimum Gasteiger partial charge on any atom is -0.450 e. The molecule has 0 saturated carbocycles. The number of piperidine rings is 1. The van der Waals surface area contributed by atoms with Gasteiger partial charge in [-0.25, -0.2) is 4.79 Å². The number of carbonyl (C=O) groups is 1. The first-order chi connectivity index (χ1) is 13.2. The van der Waals surface area contributed by atoms with Crippen LogP contribution in [0.4, 0.5) is 22.2 Å². The first-order valence-electron chi connectivity index (χ1n) is 9.41. The van der Waals surface area contributed by atoms with Gasteiger partial charge in [-0.1, -0.05) is 19.1 Å². The molecule has 1 amide bonds. The molecule has 0 unspecified atom stereocenters. The summed E-state index contributed by atoms with van der Waals surface area (Å²) in [6.45, 7) is 5.66. The van der Waals surface area contributed by atoms with Crippen LogP contribution in [0.15, 0.2) is 30.5 Å². The van der Waals surface area contributed by atoms with Crippen LogP contribution < -0.4 is 10.6 Å². The molecule has 2 aromatic rings.